The molecular weight excluding hydrogens is 388 g/mol. The molecule has 140 valence electrons. The molecule has 0 atom stereocenters. The molecular formula is C18H16N2O5S2. The Balaban J connectivity index is 1.92. The van der Waals surface area contributed by atoms with Crippen LogP contribution in [0.2, 0.25) is 0 Å². The van der Waals surface area contributed by atoms with Crippen LogP contribution in [0.4, 0.5) is 0 Å². The van der Waals surface area contributed by atoms with Crippen molar-refractivity contribution in [1.29, 1.82) is 0 Å². The van der Waals surface area contributed by atoms with Gasteiger partial charge in [-0.3, -0.25) is 4.57 Å². The Morgan fingerprint density at radius 2 is 1.81 bits per heavy atom. The van der Waals surface area contributed by atoms with Crippen molar-refractivity contribution in [3.05, 3.63) is 70.5 Å². The highest BCUT2D eigenvalue weighted by atomic mass is 32.2. The maximum Gasteiger partial charge on any atom is 0.341 e. The van der Waals surface area contributed by atoms with Gasteiger partial charge < -0.3 is 9.84 Å². The Morgan fingerprint density at radius 1 is 1.15 bits per heavy atom. The maximum absolute atomic E-state index is 12.5. The molecule has 1 N–H and O–H groups in total. The molecule has 1 heterocycles. The summed E-state index contributed by atoms with van der Waals surface area (Å²) in [6.07, 6.45) is 1.71. The van der Waals surface area contributed by atoms with E-state index in [1.165, 1.54) is 23.5 Å². The van der Waals surface area contributed by atoms with Gasteiger partial charge in [-0.15, -0.1) is 15.7 Å². The monoisotopic (exact) mass is 404 g/mol. The number of rotatable bonds is 6. The van der Waals surface area contributed by atoms with Gasteiger partial charge in [0.05, 0.1) is 4.90 Å². The van der Waals surface area contributed by atoms with Gasteiger partial charge in [0.25, 0.3) is 10.0 Å². The van der Waals surface area contributed by atoms with Gasteiger partial charge in [0, 0.05) is 17.3 Å². The van der Waals surface area contributed by atoms with Crippen LogP contribution in [0.15, 0.2) is 69.4 Å². The molecule has 3 rings (SSSR count). The number of aromatic nitrogens is 1. The number of carboxylic acids is 1. The van der Waals surface area contributed by atoms with Gasteiger partial charge in [0.2, 0.25) is 4.80 Å². The summed E-state index contributed by atoms with van der Waals surface area (Å²) >= 11 is 1.20. The van der Waals surface area contributed by atoms with Gasteiger partial charge >= 0.3 is 5.97 Å². The summed E-state index contributed by atoms with van der Waals surface area (Å²) in [5.74, 6) is -0.656. The molecule has 1 aromatic heterocycles. The topological polar surface area (TPSA) is 98.0 Å². The third-order valence-corrected chi connectivity index (χ3v) is 5.74. The molecule has 0 amide bonds. The molecule has 0 saturated carbocycles. The van der Waals surface area contributed by atoms with Crippen LogP contribution in [0, 0.1) is 6.92 Å². The average molecular weight is 404 g/mol. The summed E-state index contributed by atoms with van der Waals surface area (Å²) in [6, 6.07) is 13.1. The van der Waals surface area contributed by atoms with E-state index >= 15 is 0 Å². The van der Waals surface area contributed by atoms with E-state index in [0.29, 0.717) is 16.2 Å². The van der Waals surface area contributed by atoms with Gasteiger partial charge in [-0.05, 0) is 43.3 Å². The lowest BCUT2D eigenvalue weighted by Crippen LogP contribution is -2.15. The van der Waals surface area contributed by atoms with E-state index in [-0.39, 0.29) is 4.90 Å². The van der Waals surface area contributed by atoms with Crippen molar-refractivity contribution in [2.45, 2.75) is 11.8 Å². The molecule has 0 fully saturated rings. The lowest BCUT2D eigenvalue weighted by molar-refractivity contribution is -0.139. The number of thiazole rings is 1. The van der Waals surface area contributed by atoms with Crippen molar-refractivity contribution in [1.82, 2.24) is 4.57 Å². The second-order valence-electron chi connectivity index (χ2n) is 5.61. The highest BCUT2D eigenvalue weighted by molar-refractivity contribution is 7.90. The Hall–Kier alpha value is -2.91. The third kappa shape index (κ3) is 4.63. The van der Waals surface area contributed by atoms with E-state index in [1.54, 1.807) is 52.5 Å². The van der Waals surface area contributed by atoms with Crippen LogP contribution in [0.25, 0.3) is 5.69 Å². The molecule has 0 aliphatic rings. The summed E-state index contributed by atoms with van der Waals surface area (Å²) in [6.45, 7) is 1.45. The SMILES string of the molecule is Cc1ccc(S(=O)(=O)/N=c2/sccn2-c2ccc(OCC(=O)O)cc2)cc1. The first-order valence-electron chi connectivity index (χ1n) is 7.84. The number of hydrogen-bond acceptors (Lipinski definition) is 5. The lowest BCUT2D eigenvalue weighted by atomic mass is 10.2. The zero-order valence-corrected chi connectivity index (χ0v) is 15.9. The Kier molecular flexibility index (Phi) is 5.43. The molecule has 9 heteroatoms. The minimum absolute atomic E-state index is 0.130. The Bertz CT molecular complexity index is 1110. The minimum Gasteiger partial charge on any atom is -0.482 e. The van der Waals surface area contributed by atoms with E-state index in [2.05, 4.69) is 4.40 Å². The number of ether oxygens (including phenoxy) is 1. The average Bonchev–Trinajstić information content (AvgIpc) is 3.08. The summed E-state index contributed by atoms with van der Waals surface area (Å²) < 4.78 is 35.8. The van der Waals surface area contributed by atoms with Crippen LogP contribution >= 0.6 is 11.3 Å². The van der Waals surface area contributed by atoms with Crippen molar-refractivity contribution in [2.24, 2.45) is 4.40 Å². The van der Waals surface area contributed by atoms with Gasteiger partial charge in [-0.1, -0.05) is 17.7 Å². The van der Waals surface area contributed by atoms with Crippen LogP contribution in [0.5, 0.6) is 5.75 Å². The first-order valence-corrected chi connectivity index (χ1v) is 10.2. The molecule has 0 spiro atoms. The molecule has 0 bridgehead atoms. The molecule has 3 aromatic rings. The van der Waals surface area contributed by atoms with Crippen molar-refractivity contribution in [2.75, 3.05) is 6.61 Å². The van der Waals surface area contributed by atoms with E-state index < -0.39 is 22.6 Å². The standard InChI is InChI=1S/C18H16N2O5S2/c1-13-2-8-16(9-3-13)27(23,24)19-18-20(10-11-26-18)14-4-6-15(7-5-14)25-12-17(21)22/h2-11H,12H2,1H3,(H,21,22)/b19-18+. The third-order valence-electron chi connectivity index (χ3n) is 3.58. The number of sulfonamides is 1. The van der Waals surface area contributed by atoms with Gasteiger partial charge in [-0.2, -0.15) is 8.42 Å². The number of carboxylic acid groups (broad SMARTS) is 1. The summed E-state index contributed by atoms with van der Waals surface area (Å²) in [5.41, 5.74) is 1.64. The molecule has 0 radical (unpaired) electrons. The second-order valence-corrected chi connectivity index (χ2v) is 8.09. The van der Waals surface area contributed by atoms with Crippen molar-refractivity contribution in [3.8, 4) is 11.4 Å². The Labute approximate surface area is 159 Å². The van der Waals surface area contributed by atoms with Gasteiger partial charge in [-0.25, -0.2) is 4.79 Å². The molecule has 0 unspecified atom stereocenters. The van der Waals surface area contributed by atoms with Crippen molar-refractivity contribution >= 4 is 27.3 Å². The summed E-state index contributed by atoms with van der Waals surface area (Å²) in [4.78, 5) is 11.0. The zero-order valence-electron chi connectivity index (χ0n) is 14.3. The first-order chi connectivity index (χ1) is 12.8. The van der Waals surface area contributed by atoms with E-state index in [0.717, 1.165) is 5.56 Å². The number of carbonyl (C=O) groups is 1. The van der Waals surface area contributed by atoms with Crippen LogP contribution in [0.3, 0.4) is 0 Å². The maximum atomic E-state index is 12.5. The van der Waals surface area contributed by atoms with Crippen LogP contribution in [-0.4, -0.2) is 30.7 Å². The lowest BCUT2D eigenvalue weighted by Gasteiger charge is -2.06. The first kappa shape index (κ1) is 18.9. The Morgan fingerprint density at radius 3 is 2.44 bits per heavy atom. The van der Waals surface area contributed by atoms with Crippen molar-refractivity contribution < 1.29 is 23.1 Å². The minimum atomic E-state index is -3.83. The quantitative estimate of drug-likeness (QED) is 0.681. The fourth-order valence-corrected chi connectivity index (χ4v) is 4.18. The fourth-order valence-electron chi connectivity index (χ4n) is 2.25. The number of hydrogen-bond donors (Lipinski definition) is 1. The highest BCUT2D eigenvalue weighted by Crippen LogP contribution is 2.16. The molecule has 2 aromatic carbocycles. The smallest absolute Gasteiger partial charge is 0.341 e. The number of aryl methyl sites for hydroxylation is 1. The summed E-state index contributed by atoms with van der Waals surface area (Å²) in [7, 11) is -3.83. The predicted molar refractivity (Wildman–Crippen MR) is 101 cm³/mol. The molecule has 0 aliphatic heterocycles. The zero-order chi connectivity index (χ0) is 19.4. The van der Waals surface area contributed by atoms with E-state index in [9.17, 15) is 13.2 Å². The van der Waals surface area contributed by atoms with Crippen LogP contribution < -0.4 is 9.54 Å². The van der Waals surface area contributed by atoms with Gasteiger partial charge in [0.15, 0.2) is 6.61 Å². The van der Waals surface area contributed by atoms with Crippen LogP contribution in [0.1, 0.15) is 5.56 Å². The van der Waals surface area contributed by atoms with E-state index in [1.807, 2.05) is 6.92 Å². The largest absolute Gasteiger partial charge is 0.482 e. The predicted octanol–water partition coefficient (Wildman–Crippen LogP) is 2.60. The number of aliphatic carboxylic acids is 1. The molecule has 0 saturated heterocycles. The number of benzene rings is 2. The normalized spacial score (nSPS) is 12.1. The summed E-state index contributed by atoms with van der Waals surface area (Å²) in [5, 5.41) is 10.4. The second kappa shape index (κ2) is 7.77. The van der Waals surface area contributed by atoms with E-state index in [4.69, 9.17) is 9.84 Å². The fraction of sp³-hybridized carbons (Fsp3) is 0.111. The van der Waals surface area contributed by atoms with Gasteiger partial charge in [0.1, 0.15) is 5.75 Å². The van der Waals surface area contributed by atoms with Crippen molar-refractivity contribution in [3.63, 3.8) is 0 Å². The number of nitrogens with zero attached hydrogens (tertiary/aromatic N) is 2. The highest BCUT2D eigenvalue weighted by Gasteiger charge is 2.13. The molecule has 7 nitrogen and oxygen atoms in total. The molecule has 0 aliphatic carbocycles. The van der Waals surface area contributed by atoms with Crippen LogP contribution in [-0.2, 0) is 14.8 Å². The molecule has 27 heavy (non-hydrogen) atoms.